The Morgan fingerprint density at radius 1 is 1.18 bits per heavy atom. The first-order valence-corrected chi connectivity index (χ1v) is 10.4. The molecule has 2 aromatic rings. The molecule has 28 heavy (non-hydrogen) atoms. The van der Waals surface area contributed by atoms with Gasteiger partial charge in [0.15, 0.2) is 16.6 Å². The van der Waals surface area contributed by atoms with E-state index < -0.39 is 0 Å². The number of para-hydroxylation sites is 1. The molecule has 0 saturated heterocycles. The van der Waals surface area contributed by atoms with E-state index in [4.69, 9.17) is 33.3 Å². The summed E-state index contributed by atoms with van der Waals surface area (Å²) >= 11 is 11.9. The van der Waals surface area contributed by atoms with E-state index in [1.165, 1.54) is 12.8 Å². The summed E-state index contributed by atoms with van der Waals surface area (Å²) in [6, 6.07) is 12.2. The number of hydrogen-bond acceptors (Lipinski definition) is 3. The second-order valence-electron chi connectivity index (χ2n) is 7.11. The highest BCUT2D eigenvalue weighted by Crippen LogP contribution is 2.34. The second kappa shape index (κ2) is 9.48. The minimum atomic E-state index is 0.420. The van der Waals surface area contributed by atoms with E-state index in [1.807, 2.05) is 37.3 Å². The molecule has 0 aliphatic heterocycles. The summed E-state index contributed by atoms with van der Waals surface area (Å²) in [5.74, 6) is 1.50. The zero-order valence-electron chi connectivity index (χ0n) is 16.6. The third-order valence-electron chi connectivity index (χ3n) is 5.28. The van der Waals surface area contributed by atoms with Crippen LogP contribution in [0.4, 0.5) is 5.69 Å². The molecule has 6 heteroatoms. The molecule has 4 nitrogen and oxygen atoms in total. The third kappa shape index (κ3) is 4.70. The first-order valence-electron chi connectivity index (χ1n) is 9.57. The van der Waals surface area contributed by atoms with E-state index in [-0.39, 0.29) is 0 Å². The van der Waals surface area contributed by atoms with Gasteiger partial charge in [-0.3, -0.25) is 0 Å². The van der Waals surface area contributed by atoms with Crippen LogP contribution in [0.1, 0.15) is 36.8 Å². The van der Waals surface area contributed by atoms with E-state index in [0.29, 0.717) is 12.6 Å². The van der Waals surface area contributed by atoms with Crippen molar-refractivity contribution in [2.75, 3.05) is 19.5 Å². The first-order chi connectivity index (χ1) is 13.5. The SMILES string of the molecule is COc1cccc(CN(C(=S)Nc2ccc(Cl)cc2C)C2CCCC2)c1OC. The molecule has 0 heterocycles. The van der Waals surface area contributed by atoms with Crippen LogP contribution in [0.5, 0.6) is 11.5 Å². The number of rotatable bonds is 6. The molecule has 0 radical (unpaired) electrons. The highest BCUT2D eigenvalue weighted by Gasteiger charge is 2.26. The Bertz CT molecular complexity index is 837. The summed E-state index contributed by atoms with van der Waals surface area (Å²) in [5, 5.41) is 4.88. The van der Waals surface area contributed by atoms with Crippen molar-refractivity contribution in [3.8, 4) is 11.5 Å². The van der Waals surface area contributed by atoms with Crippen LogP contribution in [0, 0.1) is 6.92 Å². The van der Waals surface area contributed by atoms with Gasteiger partial charge in [0.25, 0.3) is 0 Å². The van der Waals surface area contributed by atoms with Crippen LogP contribution >= 0.6 is 23.8 Å². The van der Waals surface area contributed by atoms with Crippen molar-refractivity contribution in [2.45, 2.75) is 45.2 Å². The van der Waals surface area contributed by atoms with Gasteiger partial charge in [-0.15, -0.1) is 0 Å². The molecule has 2 aromatic carbocycles. The largest absolute Gasteiger partial charge is 0.493 e. The van der Waals surface area contributed by atoms with Crippen molar-refractivity contribution in [2.24, 2.45) is 0 Å². The number of nitrogens with one attached hydrogen (secondary N) is 1. The summed E-state index contributed by atoms with van der Waals surface area (Å²) in [6.45, 7) is 2.70. The Labute approximate surface area is 177 Å². The van der Waals surface area contributed by atoms with Crippen molar-refractivity contribution in [3.05, 3.63) is 52.5 Å². The Morgan fingerprint density at radius 2 is 1.93 bits per heavy atom. The topological polar surface area (TPSA) is 33.7 Å². The lowest BCUT2D eigenvalue weighted by Gasteiger charge is -2.32. The van der Waals surface area contributed by atoms with E-state index in [1.54, 1.807) is 14.2 Å². The van der Waals surface area contributed by atoms with E-state index in [0.717, 1.165) is 51.3 Å². The van der Waals surface area contributed by atoms with Gasteiger partial charge in [-0.05, 0) is 61.8 Å². The first kappa shape index (κ1) is 20.7. The van der Waals surface area contributed by atoms with Gasteiger partial charge in [-0.2, -0.15) is 0 Å². The van der Waals surface area contributed by atoms with Crippen LogP contribution in [-0.2, 0) is 6.54 Å². The molecule has 0 aromatic heterocycles. The number of hydrogen-bond donors (Lipinski definition) is 1. The predicted octanol–water partition coefficient (Wildman–Crippen LogP) is 5.81. The maximum Gasteiger partial charge on any atom is 0.173 e. The number of methoxy groups -OCH3 is 2. The van der Waals surface area contributed by atoms with Crippen molar-refractivity contribution >= 4 is 34.6 Å². The Balaban J connectivity index is 1.86. The number of benzene rings is 2. The maximum atomic E-state index is 6.09. The normalized spacial score (nSPS) is 14.0. The van der Waals surface area contributed by atoms with Crippen LogP contribution in [0.15, 0.2) is 36.4 Å². The van der Waals surface area contributed by atoms with Gasteiger partial charge in [-0.25, -0.2) is 0 Å². The van der Waals surface area contributed by atoms with Gasteiger partial charge in [-0.1, -0.05) is 36.6 Å². The van der Waals surface area contributed by atoms with E-state index in [9.17, 15) is 0 Å². The fraction of sp³-hybridized carbons (Fsp3) is 0.409. The third-order valence-corrected chi connectivity index (χ3v) is 5.85. The van der Waals surface area contributed by atoms with Crippen LogP contribution in [0.3, 0.4) is 0 Å². The van der Waals surface area contributed by atoms with Crippen LogP contribution in [-0.4, -0.2) is 30.3 Å². The molecule has 1 aliphatic rings. The molecule has 1 aliphatic carbocycles. The second-order valence-corrected chi connectivity index (χ2v) is 7.93. The van der Waals surface area contributed by atoms with E-state index in [2.05, 4.69) is 16.3 Å². The molecule has 0 spiro atoms. The highest BCUT2D eigenvalue weighted by atomic mass is 35.5. The minimum Gasteiger partial charge on any atom is -0.493 e. The molecular formula is C22H27ClN2O2S. The monoisotopic (exact) mass is 418 g/mol. The summed E-state index contributed by atoms with van der Waals surface area (Å²) in [4.78, 5) is 2.29. The Hall–Kier alpha value is -1.98. The standard InChI is InChI=1S/C22H27ClN2O2S/c1-15-13-17(23)11-12-19(15)24-22(28)25(18-8-4-5-9-18)14-16-7-6-10-20(26-2)21(16)27-3/h6-7,10-13,18H,4-5,8-9,14H2,1-3H3,(H,24,28). The van der Waals surface area contributed by atoms with Gasteiger partial charge in [0.05, 0.1) is 14.2 Å². The van der Waals surface area contributed by atoms with Gasteiger partial charge >= 0.3 is 0 Å². The van der Waals surface area contributed by atoms with Crippen molar-refractivity contribution in [1.29, 1.82) is 0 Å². The zero-order valence-corrected chi connectivity index (χ0v) is 18.2. The van der Waals surface area contributed by atoms with Crippen LogP contribution in [0.2, 0.25) is 5.02 Å². The summed E-state index contributed by atoms with van der Waals surface area (Å²) in [5.41, 5.74) is 3.11. The lowest BCUT2D eigenvalue weighted by molar-refractivity contribution is 0.300. The smallest absolute Gasteiger partial charge is 0.173 e. The molecule has 1 fully saturated rings. The Morgan fingerprint density at radius 3 is 2.57 bits per heavy atom. The van der Waals surface area contributed by atoms with Gasteiger partial charge in [0, 0.05) is 28.9 Å². The molecule has 3 rings (SSSR count). The minimum absolute atomic E-state index is 0.420. The maximum absolute atomic E-state index is 6.09. The average Bonchev–Trinajstić information content (AvgIpc) is 3.22. The van der Waals surface area contributed by atoms with Gasteiger partial charge in [0.2, 0.25) is 0 Å². The number of nitrogens with zero attached hydrogens (tertiary/aromatic N) is 1. The fourth-order valence-electron chi connectivity index (χ4n) is 3.80. The van der Waals surface area contributed by atoms with Crippen molar-refractivity contribution < 1.29 is 9.47 Å². The number of ether oxygens (including phenoxy) is 2. The summed E-state index contributed by atoms with van der Waals surface area (Å²) in [7, 11) is 3.33. The highest BCUT2D eigenvalue weighted by molar-refractivity contribution is 7.80. The quantitative estimate of drug-likeness (QED) is 0.599. The van der Waals surface area contributed by atoms with Crippen molar-refractivity contribution in [1.82, 2.24) is 4.90 Å². The average molecular weight is 419 g/mol. The van der Waals surface area contributed by atoms with E-state index >= 15 is 0 Å². The lowest BCUT2D eigenvalue weighted by atomic mass is 10.1. The molecule has 1 saturated carbocycles. The molecule has 0 amide bonds. The zero-order chi connectivity index (χ0) is 20.1. The molecule has 0 atom stereocenters. The number of thiocarbonyl (C=S) groups is 1. The summed E-state index contributed by atoms with van der Waals surface area (Å²) < 4.78 is 11.1. The summed E-state index contributed by atoms with van der Waals surface area (Å²) in [6.07, 6.45) is 4.76. The lowest BCUT2D eigenvalue weighted by Crippen LogP contribution is -2.41. The van der Waals surface area contributed by atoms with Gasteiger partial charge < -0.3 is 19.7 Å². The predicted molar refractivity (Wildman–Crippen MR) is 120 cm³/mol. The molecule has 1 N–H and O–H groups in total. The van der Waals surface area contributed by atoms with Gasteiger partial charge in [0.1, 0.15) is 0 Å². The van der Waals surface area contributed by atoms with Crippen molar-refractivity contribution in [3.63, 3.8) is 0 Å². The number of aryl methyl sites for hydroxylation is 1. The molecular weight excluding hydrogens is 392 g/mol. The molecule has 150 valence electrons. The van der Waals surface area contributed by atoms with Crippen LogP contribution < -0.4 is 14.8 Å². The molecule has 0 unspecified atom stereocenters. The number of halogens is 1. The fourth-order valence-corrected chi connectivity index (χ4v) is 4.35. The Kier molecular flexibility index (Phi) is 7.03. The molecule has 0 bridgehead atoms. The van der Waals surface area contributed by atoms with Crippen LogP contribution in [0.25, 0.3) is 0 Å². The number of anilines is 1.